The first kappa shape index (κ1) is 9.08. The fraction of sp³-hybridized carbons (Fsp3) is 1.00. The molecular weight excluding hydrogens is 139 g/mol. The van der Waals surface area contributed by atoms with Crippen LogP contribution in [0.3, 0.4) is 0 Å². The zero-order valence-corrected chi connectivity index (χ0v) is 7.67. The van der Waals surface area contributed by atoms with Gasteiger partial charge in [0.25, 0.3) is 0 Å². The minimum Gasteiger partial charge on any atom is -0.409 e. The molecule has 0 amide bonds. The molecule has 64 valence electrons. The third kappa shape index (κ3) is 2.84. The van der Waals surface area contributed by atoms with Crippen molar-refractivity contribution in [1.82, 2.24) is 0 Å². The van der Waals surface area contributed by atoms with Crippen molar-refractivity contribution in [1.29, 1.82) is 0 Å². The predicted molar refractivity (Wildman–Crippen MR) is 46.6 cm³/mol. The van der Waals surface area contributed by atoms with Crippen molar-refractivity contribution < 1.29 is 9.31 Å². The molecule has 2 nitrogen and oxygen atoms in total. The molecule has 0 bridgehead atoms. The average molecular weight is 156 g/mol. The van der Waals surface area contributed by atoms with Gasteiger partial charge in [-0.25, -0.2) is 0 Å². The Balaban J connectivity index is 2.30. The molecule has 1 heterocycles. The summed E-state index contributed by atoms with van der Waals surface area (Å²) in [6.07, 6.45) is 3.92. The maximum absolute atomic E-state index is 5.57. The molecule has 1 saturated heterocycles. The first-order valence-corrected chi connectivity index (χ1v) is 4.53. The summed E-state index contributed by atoms with van der Waals surface area (Å²) < 4.78 is 11.1. The van der Waals surface area contributed by atoms with E-state index in [-0.39, 0.29) is 7.12 Å². The van der Waals surface area contributed by atoms with Crippen molar-refractivity contribution in [2.45, 2.75) is 52.1 Å². The van der Waals surface area contributed by atoms with Gasteiger partial charge in [0.15, 0.2) is 0 Å². The molecule has 0 unspecified atom stereocenters. The third-order valence-corrected chi connectivity index (χ3v) is 1.96. The maximum Gasteiger partial charge on any atom is 0.457 e. The van der Waals surface area contributed by atoms with E-state index >= 15 is 0 Å². The van der Waals surface area contributed by atoms with E-state index in [1.165, 1.54) is 0 Å². The van der Waals surface area contributed by atoms with E-state index in [4.69, 9.17) is 9.31 Å². The van der Waals surface area contributed by atoms with Gasteiger partial charge in [0.1, 0.15) is 0 Å². The highest BCUT2D eigenvalue weighted by molar-refractivity contribution is 6.44. The predicted octanol–water partition coefficient (Wildman–Crippen LogP) is 2.10. The second-order valence-corrected chi connectivity index (χ2v) is 3.35. The third-order valence-electron chi connectivity index (χ3n) is 1.96. The molecule has 0 aromatic heterocycles. The summed E-state index contributed by atoms with van der Waals surface area (Å²) in [4.78, 5) is 0. The van der Waals surface area contributed by atoms with E-state index in [1.54, 1.807) is 0 Å². The molecule has 0 spiro atoms. The molecule has 0 aromatic carbocycles. The summed E-state index contributed by atoms with van der Waals surface area (Å²) in [5.74, 6) is 0. The Morgan fingerprint density at radius 1 is 1.27 bits per heavy atom. The van der Waals surface area contributed by atoms with Crippen LogP contribution in [-0.4, -0.2) is 19.3 Å². The maximum atomic E-state index is 5.57. The van der Waals surface area contributed by atoms with Crippen LogP contribution in [0.4, 0.5) is 0 Å². The van der Waals surface area contributed by atoms with Crippen molar-refractivity contribution >= 4 is 7.12 Å². The minimum absolute atomic E-state index is 0.0544. The second kappa shape index (κ2) is 4.12. The molecule has 3 heteroatoms. The molecule has 0 aliphatic carbocycles. The lowest BCUT2D eigenvalue weighted by Crippen LogP contribution is -2.38. The molecule has 0 radical (unpaired) electrons. The largest absolute Gasteiger partial charge is 0.457 e. The van der Waals surface area contributed by atoms with Crippen LogP contribution >= 0.6 is 0 Å². The van der Waals surface area contributed by atoms with Gasteiger partial charge in [0.05, 0.1) is 0 Å². The summed E-state index contributed by atoms with van der Waals surface area (Å²) in [5.41, 5.74) is 0. The lowest BCUT2D eigenvalue weighted by Gasteiger charge is -2.30. The van der Waals surface area contributed by atoms with Crippen molar-refractivity contribution in [2.75, 3.05) is 0 Å². The fourth-order valence-electron chi connectivity index (χ4n) is 1.50. The van der Waals surface area contributed by atoms with Gasteiger partial charge in [-0.05, 0) is 26.6 Å². The molecule has 1 fully saturated rings. The second-order valence-electron chi connectivity index (χ2n) is 3.35. The van der Waals surface area contributed by atoms with Crippen LogP contribution in [0.15, 0.2) is 0 Å². The van der Waals surface area contributed by atoms with Crippen LogP contribution in [0.2, 0.25) is 6.32 Å². The van der Waals surface area contributed by atoms with Crippen molar-refractivity contribution in [3.8, 4) is 0 Å². The van der Waals surface area contributed by atoms with Gasteiger partial charge in [0, 0.05) is 12.2 Å². The summed E-state index contributed by atoms with van der Waals surface area (Å²) >= 11 is 0. The quantitative estimate of drug-likeness (QED) is 0.570. The van der Waals surface area contributed by atoms with Gasteiger partial charge in [-0.1, -0.05) is 13.3 Å². The standard InChI is InChI=1S/C8H17BO2/c1-4-5-9-10-7(2)6-8(3)11-9/h7-8H,4-6H2,1-3H3/t7-,8+. The first-order chi connectivity index (χ1) is 5.22. The number of rotatable bonds is 2. The van der Waals surface area contributed by atoms with E-state index < -0.39 is 0 Å². The highest BCUT2D eigenvalue weighted by Crippen LogP contribution is 2.18. The van der Waals surface area contributed by atoms with Crippen molar-refractivity contribution in [2.24, 2.45) is 0 Å². The molecule has 0 N–H and O–H groups in total. The number of hydrogen-bond acceptors (Lipinski definition) is 2. The Kier molecular flexibility index (Phi) is 3.40. The first-order valence-electron chi connectivity index (χ1n) is 4.53. The van der Waals surface area contributed by atoms with Crippen LogP contribution < -0.4 is 0 Å². The minimum atomic E-state index is 0.0544. The van der Waals surface area contributed by atoms with E-state index in [1.807, 2.05) is 0 Å². The summed E-state index contributed by atoms with van der Waals surface area (Å²) in [6.45, 7) is 6.38. The lowest BCUT2D eigenvalue weighted by molar-refractivity contribution is 0.0332. The normalized spacial score (nSPS) is 32.5. The molecule has 0 saturated carbocycles. The van der Waals surface area contributed by atoms with Gasteiger partial charge in [-0.15, -0.1) is 0 Å². The van der Waals surface area contributed by atoms with Crippen LogP contribution in [0.25, 0.3) is 0 Å². The van der Waals surface area contributed by atoms with E-state index in [9.17, 15) is 0 Å². The Morgan fingerprint density at radius 2 is 1.82 bits per heavy atom. The molecule has 2 atom stereocenters. The monoisotopic (exact) mass is 156 g/mol. The van der Waals surface area contributed by atoms with E-state index in [2.05, 4.69) is 20.8 Å². The van der Waals surface area contributed by atoms with Crippen LogP contribution in [-0.2, 0) is 9.31 Å². The molecule has 1 aliphatic heterocycles. The molecule has 1 aliphatic rings. The topological polar surface area (TPSA) is 18.5 Å². The molecule has 1 rings (SSSR count). The SMILES string of the molecule is CCCB1O[C@H](C)C[C@H](C)O1. The van der Waals surface area contributed by atoms with E-state index in [0.29, 0.717) is 12.2 Å². The molecule has 11 heavy (non-hydrogen) atoms. The zero-order valence-electron chi connectivity index (χ0n) is 7.67. The molecule has 0 aromatic rings. The van der Waals surface area contributed by atoms with Crippen molar-refractivity contribution in [3.63, 3.8) is 0 Å². The average Bonchev–Trinajstić information content (AvgIpc) is 1.85. The molecular formula is C8H17BO2. The van der Waals surface area contributed by atoms with Gasteiger partial charge >= 0.3 is 7.12 Å². The lowest BCUT2D eigenvalue weighted by atomic mass is 9.80. The van der Waals surface area contributed by atoms with Crippen molar-refractivity contribution in [3.05, 3.63) is 0 Å². The Morgan fingerprint density at radius 3 is 2.27 bits per heavy atom. The summed E-state index contributed by atoms with van der Waals surface area (Å²) in [5, 5.41) is 0. The summed E-state index contributed by atoms with van der Waals surface area (Å²) in [7, 11) is 0.0544. The Bertz CT molecular complexity index is 109. The summed E-state index contributed by atoms with van der Waals surface area (Å²) in [6, 6.07) is 0. The van der Waals surface area contributed by atoms with Crippen LogP contribution in [0.1, 0.15) is 33.6 Å². The highest BCUT2D eigenvalue weighted by atomic mass is 16.6. The number of hydrogen-bond donors (Lipinski definition) is 0. The Labute approximate surface area is 69.4 Å². The van der Waals surface area contributed by atoms with Crippen LogP contribution in [0.5, 0.6) is 0 Å². The highest BCUT2D eigenvalue weighted by Gasteiger charge is 2.28. The zero-order chi connectivity index (χ0) is 8.27. The van der Waals surface area contributed by atoms with Crippen LogP contribution in [0, 0.1) is 0 Å². The smallest absolute Gasteiger partial charge is 0.409 e. The van der Waals surface area contributed by atoms with Gasteiger partial charge in [-0.2, -0.15) is 0 Å². The van der Waals surface area contributed by atoms with Gasteiger partial charge < -0.3 is 9.31 Å². The van der Waals surface area contributed by atoms with Gasteiger partial charge in [-0.3, -0.25) is 0 Å². The van der Waals surface area contributed by atoms with Gasteiger partial charge in [0.2, 0.25) is 0 Å². The fourth-order valence-corrected chi connectivity index (χ4v) is 1.50. The Hall–Kier alpha value is -0.0151. The van der Waals surface area contributed by atoms with E-state index in [0.717, 1.165) is 19.2 Å².